The molecule has 0 aliphatic rings. The number of benzene rings is 1. The molecule has 1 rings (SSSR count). The van der Waals surface area contributed by atoms with Crippen molar-refractivity contribution in [3.05, 3.63) is 28.2 Å². The highest BCUT2D eigenvalue weighted by Gasteiger charge is 2.34. The van der Waals surface area contributed by atoms with E-state index in [1.54, 1.807) is 12.1 Å². The molecule has 4 heteroatoms. The Morgan fingerprint density at radius 3 is 2.18 bits per heavy atom. The fourth-order valence-electron chi connectivity index (χ4n) is 2.52. The van der Waals surface area contributed by atoms with Crippen molar-refractivity contribution in [3.63, 3.8) is 0 Å². The lowest BCUT2D eigenvalue weighted by Gasteiger charge is -2.31. The Bertz CT molecular complexity index is 406. The van der Waals surface area contributed by atoms with Gasteiger partial charge in [-0.1, -0.05) is 60.9 Å². The van der Waals surface area contributed by atoms with Crippen LogP contribution in [0, 0.1) is 0 Å². The monoisotopic (exact) mass is 314 g/mol. The van der Waals surface area contributed by atoms with Crippen molar-refractivity contribution >= 4 is 35.2 Å². The number of carboxylic acid groups (broad SMARTS) is 1. The summed E-state index contributed by atoms with van der Waals surface area (Å²) in [6.07, 6.45) is 0. The van der Waals surface area contributed by atoms with Gasteiger partial charge < -0.3 is 5.11 Å². The molecule has 0 amide bonds. The molecule has 94 valence electrons. The zero-order chi connectivity index (χ0) is 13.1. The fraction of sp³-hybridized carbons (Fsp3) is 0.462. The third kappa shape index (κ3) is 2.63. The van der Waals surface area contributed by atoms with Gasteiger partial charge in [0.2, 0.25) is 0 Å². The summed E-state index contributed by atoms with van der Waals surface area (Å²) in [5, 5.41) is 10.4. The maximum absolute atomic E-state index is 11.4. The first-order valence-electron chi connectivity index (χ1n) is 6.04. The van der Waals surface area contributed by atoms with Gasteiger partial charge in [-0.25, -0.2) is 4.79 Å². The molecule has 0 heterocycles. The Morgan fingerprint density at radius 1 is 1.24 bits per heavy atom. The van der Waals surface area contributed by atoms with E-state index in [1.807, 2.05) is 6.07 Å². The van der Waals surface area contributed by atoms with Gasteiger partial charge in [-0.05, 0) is 17.3 Å². The van der Waals surface area contributed by atoms with Crippen LogP contribution in [0.1, 0.15) is 31.1 Å². The van der Waals surface area contributed by atoms with Crippen LogP contribution < -0.4 is 5.19 Å². The van der Waals surface area contributed by atoms with Crippen molar-refractivity contribution in [2.45, 2.75) is 38.9 Å². The van der Waals surface area contributed by atoms with Crippen LogP contribution in [0.2, 0.25) is 18.1 Å². The molecule has 0 fully saturated rings. The largest absolute Gasteiger partial charge is 0.478 e. The Balaban J connectivity index is 3.51. The lowest BCUT2D eigenvalue weighted by Crippen LogP contribution is -2.49. The molecular weight excluding hydrogens is 296 g/mol. The summed E-state index contributed by atoms with van der Waals surface area (Å²) in [5.41, 5.74) is 0.483. The third-order valence-corrected chi connectivity index (χ3v) is 10.5. The lowest BCUT2D eigenvalue weighted by molar-refractivity contribution is 0.0698. The molecule has 0 saturated carbocycles. The standard InChI is InChI=1S/C13H19BrO2Si/c1-4-17(5-2,6-3)12-10(13(15)16)8-7-9-11(12)14/h7-9H,4-6H2,1-3H3,(H,15,16). The minimum Gasteiger partial charge on any atom is -0.478 e. The summed E-state index contributed by atoms with van der Waals surface area (Å²) in [7, 11) is -1.67. The van der Waals surface area contributed by atoms with Gasteiger partial charge in [0.05, 0.1) is 13.6 Å². The molecule has 1 N–H and O–H groups in total. The predicted octanol–water partition coefficient (Wildman–Crippen LogP) is 3.86. The van der Waals surface area contributed by atoms with Crippen LogP contribution in [0.5, 0.6) is 0 Å². The van der Waals surface area contributed by atoms with E-state index in [0.717, 1.165) is 27.8 Å². The molecule has 2 nitrogen and oxygen atoms in total. The summed E-state index contributed by atoms with van der Waals surface area (Å²) >= 11 is 3.55. The number of hydrogen-bond acceptors (Lipinski definition) is 1. The topological polar surface area (TPSA) is 37.3 Å². The number of hydrogen-bond donors (Lipinski definition) is 1. The summed E-state index contributed by atoms with van der Waals surface area (Å²) in [6.45, 7) is 6.55. The van der Waals surface area contributed by atoms with Crippen LogP contribution in [0.3, 0.4) is 0 Å². The van der Waals surface area contributed by atoms with Gasteiger partial charge in [0.1, 0.15) is 0 Å². The van der Waals surface area contributed by atoms with Gasteiger partial charge in [-0.3, -0.25) is 0 Å². The predicted molar refractivity (Wildman–Crippen MR) is 77.9 cm³/mol. The molecule has 0 spiro atoms. The Morgan fingerprint density at radius 2 is 1.76 bits per heavy atom. The van der Waals surface area contributed by atoms with Gasteiger partial charge in [0.25, 0.3) is 0 Å². The zero-order valence-electron chi connectivity index (χ0n) is 10.6. The minimum atomic E-state index is -1.67. The first-order valence-corrected chi connectivity index (χ1v) is 9.46. The van der Waals surface area contributed by atoms with Crippen molar-refractivity contribution < 1.29 is 9.90 Å². The van der Waals surface area contributed by atoms with Crippen LogP contribution in [0.4, 0.5) is 0 Å². The van der Waals surface area contributed by atoms with Crippen LogP contribution in [-0.4, -0.2) is 19.1 Å². The first-order chi connectivity index (χ1) is 8.02. The number of aromatic carboxylic acids is 1. The molecule has 0 radical (unpaired) electrons. The molecule has 0 aromatic heterocycles. The molecule has 1 aromatic rings. The van der Waals surface area contributed by atoms with Crippen LogP contribution >= 0.6 is 15.9 Å². The smallest absolute Gasteiger partial charge is 0.335 e. The van der Waals surface area contributed by atoms with E-state index in [0.29, 0.717) is 5.56 Å². The molecule has 0 aliphatic carbocycles. The second-order valence-electron chi connectivity index (χ2n) is 4.31. The van der Waals surface area contributed by atoms with Crippen molar-refractivity contribution in [1.82, 2.24) is 0 Å². The second kappa shape index (κ2) is 5.82. The van der Waals surface area contributed by atoms with Gasteiger partial charge in [-0.2, -0.15) is 0 Å². The third-order valence-electron chi connectivity index (χ3n) is 3.80. The SMILES string of the molecule is CC[Si](CC)(CC)c1c(Br)cccc1C(=O)O. The van der Waals surface area contributed by atoms with E-state index < -0.39 is 14.0 Å². The maximum atomic E-state index is 11.4. The van der Waals surface area contributed by atoms with E-state index in [2.05, 4.69) is 36.7 Å². The highest BCUT2D eigenvalue weighted by molar-refractivity contribution is 9.10. The van der Waals surface area contributed by atoms with E-state index in [4.69, 9.17) is 0 Å². The highest BCUT2D eigenvalue weighted by atomic mass is 79.9. The van der Waals surface area contributed by atoms with E-state index in [-0.39, 0.29) is 0 Å². The van der Waals surface area contributed by atoms with Crippen LogP contribution in [-0.2, 0) is 0 Å². The minimum absolute atomic E-state index is 0.483. The molecule has 1 aromatic carbocycles. The Kier molecular flexibility index (Phi) is 4.95. The molecule has 0 aliphatic heterocycles. The molecule has 0 unspecified atom stereocenters. The summed E-state index contributed by atoms with van der Waals surface area (Å²) in [6, 6.07) is 8.75. The van der Waals surface area contributed by atoms with Gasteiger partial charge in [0, 0.05) is 4.47 Å². The van der Waals surface area contributed by atoms with Crippen LogP contribution in [0.15, 0.2) is 22.7 Å². The average molecular weight is 315 g/mol. The summed E-state index contributed by atoms with van der Waals surface area (Å²) in [4.78, 5) is 11.4. The number of carbonyl (C=O) groups is 1. The van der Waals surface area contributed by atoms with Crippen molar-refractivity contribution in [3.8, 4) is 0 Å². The van der Waals surface area contributed by atoms with Gasteiger partial charge in [-0.15, -0.1) is 0 Å². The quantitative estimate of drug-likeness (QED) is 0.838. The van der Waals surface area contributed by atoms with Crippen LogP contribution in [0.25, 0.3) is 0 Å². The number of carboxylic acids is 1. The normalized spacial score (nSPS) is 11.5. The van der Waals surface area contributed by atoms with Crippen molar-refractivity contribution in [2.75, 3.05) is 0 Å². The summed E-state index contributed by atoms with van der Waals surface area (Å²) in [5.74, 6) is -0.812. The molecule has 0 saturated heterocycles. The highest BCUT2D eigenvalue weighted by Crippen LogP contribution is 2.26. The Labute approximate surface area is 112 Å². The Hall–Kier alpha value is -0.613. The lowest BCUT2D eigenvalue weighted by atomic mass is 10.2. The van der Waals surface area contributed by atoms with Crippen molar-refractivity contribution in [1.29, 1.82) is 0 Å². The van der Waals surface area contributed by atoms with Gasteiger partial charge in [0.15, 0.2) is 0 Å². The fourth-order valence-corrected chi connectivity index (χ4v) is 8.06. The average Bonchev–Trinajstić information content (AvgIpc) is 2.33. The number of rotatable bonds is 5. The maximum Gasteiger partial charge on any atom is 0.335 e. The summed E-state index contributed by atoms with van der Waals surface area (Å²) < 4.78 is 0.967. The van der Waals surface area contributed by atoms with Crippen molar-refractivity contribution in [2.24, 2.45) is 0 Å². The molecular formula is C13H19BrO2Si. The van der Waals surface area contributed by atoms with Gasteiger partial charge >= 0.3 is 5.97 Å². The molecule has 0 atom stereocenters. The molecule has 0 bridgehead atoms. The second-order valence-corrected chi connectivity index (χ2v) is 10.3. The van der Waals surface area contributed by atoms with E-state index in [9.17, 15) is 9.90 Å². The van der Waals surface area contributed by atoms with E-state index >= 15 is 0 Å². The first kappa shape index (κ1) is 14.4. The zero-order valence-corrected chi connectivity index (χ0v) is 13.2. The molecule has 17 heavy (non-hydrogen) atoms. The van der Waals surface area contributed by atoms with E-state index in [1.165, 1.54) is 0 Å². The number of halogens is 1.